The third-order valence-corrected chi connectivity index (χ3v) is 4.31. The molecule has 0 aromatic heterocycles. The van der Waals surface area contributed by atoms with Gasteiger partial charge >= 0.3 is 0 Å². The van der Waals surface area contributed by atoms with Crippen molar-refractivity contribution >= 4 is 0 Å². The second-order valence-electron chi connectivity index (χ2n) is 5.94. The molecule has 2 fully saturated rings. The Balaban J connectivity index is 0.000000160. The second-order valence-corrected chi connectivity index (χ2v) is 5.94. The van der Waals surface area contributed by atoms with Crippen LogP contribution in [0.15, 0.2) is 18.2 Å². The Hall–Kier alpha value is -1.30. The first-order valence-corrected chi connectivity index (χ1v) is 8.14. The lowest BCUT2D eigenvalue weighted by atomic mass is 9.94. The van der Waals surface area contributed by atoms with Gasteiger partial charge in [-0.3, -0.25) is 4.90 Å². The number of ether oxygens (including phenoxy) is 1. The van der Waals surface area contributed by atoms with Crippen molar-refractivity contribution in [3.05, 3.63) is 23.8 Å². The van der Waals surface area contributed by atoms with Gasteiger partial charge in [-0.1, -0.05) is 25.3 Å². The van der Waals surface area contributed by atoms with Gasteiger partial charge in [-0.15, -0.1) is 0 Å². The Kier molecular flexibility index (Phi) is 6.96. The summed E-state index contributed by atoms with van der Waals surface area (Å²) in [6.45, 7) is 3.07. The van der Waals surface area contributed by atoms with E-state index in [0.717, 1.165) is 24.9 Å². The summed E-state index contributed by atoms with van der Waals surface area (Å²) in [4.78, 5) is 2.50. The van der Waals surface area contributed by atoms with Crippen LogP contribution in [0.3, 0.4) is 0 Å². The van der Waals surface area contributed by atoms with Crippen LogP contribution in [0.4, 0.5) is 0 Å². The zero-order valence-corrected chi connectivity index (χ0v) is 13.1. The summed E-state index contributed by atoms with van der Waals surface area (Å²) in [7, 11) is 0. The van der Waals surface area contributed by atoms with E-state index in [2.05, 4.69) is 4.90 Å². The molecule has 1 heterocycles. The SMILES string of the molecule is C1CCC(N2CCOC2)CC1.OCCc1ccc(O)c(O)c1. The highest BCUT2D eigenvalue weighted by atomic mass is 16.5. The molecular weight excluding hydrogens is 282 g/mol. The van der Waals surface area contributed by atoms with Gasteiger partial charge in [-0.2, -0.15) is 0 Å². The van der Waals surface area contributed by atoms with E-state index < -0.39 is 0 Å². The Morgan fingerprint density at radius 1 is 1.09 bits per heavy atom. The highest BCUT2D eigenvalue weighted by Crippen LogP contribution is 2.25. The average molecular weight is 309 g/mol. The van der Waals surface area contributed by atoms with Gasteiger partial charge in [0.15, 0.2) is 11.5 Å². The van der Waals surface area contributed by atoms with Crippen molar-refractivity contribution in [2.45, 2.75) is 44.6 Å². The van der Waals surface area contributed by atoms with E-state index in [1.54, 1.807) is 6.07 Å². The van der Waals surface area contributed by atoms with Gasteiger partial charge in [0.25, 0.3) is 0 Å². The number of hydrogen-bond donors (Lipinski definition) is 3. The van der Waals surface area contributed by atoms with Gasteiger partial charge in [-0.05, 0) is 37.0 Å². The summed E-state index contributed by atoms with van der Waals surface area (Å²) in [5.74, 6) is -0.275. The molecule has 0 radical (unpaired) electrons. The van der Waals surface area contributed by atoms with Crippen molar-refractivity contribution in [2.24, 2.45) is 0 Å². The maximum Gasteiger partial charge on any atom is 0.157 e. The van der Waals surface area contributed by atoms with Crippen LogP contribution in [0, 0.1) is 0 Å². The standard InChI is InChI=1S/C9H17NO.C8H10O3/c1-2-4-9(5-3-1)10-6-7-11-8-10;9-4-3-6-1-2-7(10)8(11)5-6/h9H,1-8H2;1-2,5,9-11H,3-4H2. The Morgan fingerprint density at radius 2 is 1.86 bits per heavy atom. The van der Waals surface area contributed by atoms with E-state index in [9.17, 15) is 0 Å². The minimum atomic E-state index is -0.143. The number of aliphatic hydroxyl groups is 1. The molecule has 0 bridgehead atoms. The topological polar surface area (TPSA) is 73.2 Å². The molecule has 3 rings (SSSR count). The van der Waals surface area contributed by atoms with E-state index in [4.69, 9.17) is 20.1 Å². The van der Waals surface area contributed by atoms with Crippen LogP contribution >= 0.6 is 0 Å². The van der Waals surface area contributed by atoms with Crippen LogP contribution in [0.5, 0.6) is 11.5 Å². The third-order valence-electron chi connectivity index (χ3n) is 4.31. The summed E-state index contributed by atoms with van der Waals surface area (Å²) in [5, 5.41) is 26.4. The highest BCUT2D eigenvalue weighted by molar-refractivity contribution is 5.40. The molecule has 1 aromatic rings. The number of phenolic OH excluding ortho intramolecular Hbond substituents is 2. The van der Waals surface area contributed by atoms with E-state index >= 15 is 0 Å². The van der Waals surface area contributed by atoms with Crippen LogP contribution in [-0.4, -0.2) is 52.8 Å². The summed E-state index contributed by atoms with van der Waals surface area (Å²) in [5.41, 5.74) is 0.808. The molecule has 0 unspecified atom stereocenters. The van der Waals surface area contributed by atoms with Gasteiger partial charge in [-0.25, -0.2) is 0 Å². The Labute approximate surface area is 132 Å². The van der Waals surface area contributed by atoms with Crippen molar-refractivity contribution in [1.82, 2.24) is 4.90 Å². The first kappa shape index (κ1) is 17.1. The van der Waals surface area contributed by atoms with E-state index in [1.807, 2.05) is 0 Å². The molecule has 5 nitrogen and oxygen atoms in total. The van der Waals surface area contributed by atoms with Gasteiger partial charge in [0.05, 0.1) is 13.3 Å². The fourth-order valence-electron chi connectivity index (χ4n) is 3.02. The minimum absolute atomic E-state index is 0.0458. The van der Waals surface area contributed by atoms with Crippen molar-refractivity contribution in [3.8, 4) is 11.5 Å². The lowest BCUT2D eigenvalue weighted by molar-refractivity contribution is 0.0988. The van der Waals surface area contributed by atoms with Gasteiger partial charge in [0.2, 0.25) is 0 Å². The summed E-state index contributed by atoms with van der Waals surface area (Å²) in [6.07, 6.45) is 7.62. The molecule has 0 spiro atoms. The first-order valence-electron chi connectivity index (χ1n) is 8.14. The number of rotatable bonds is 3. The maximum atomic E-state index is 9.00. The fourth-order valence-corrected chi connectivity index (χ4v) is 3.02. The average Bonchev–Trinajstić information content (AvgIpc) is 3.07. The van der Waals surface area contributed by atoms with Gasteiger partial charge < -0.3 is 20.1 Å². The number of benzene rings is 1. The smallest absolute Gasteiger partial charge is 0.157 e. The van der Waals surface area contributed by atoms with Crippen LogP contribution in [-0.2, 0) is 11.2 Å². The quantitative estimate of drug-likeness (QED) is 0.747. The maximum absolute atomic E-state index is 9.00. The highest BCUT2D eigenvalue weighted by Gasteiger charge is 2.23. The van der Waals surface area contributed by atoms with Crippen molar-refractivity contribution in [1.29, 1.82) is 0 Å². The number of hydrogen-bond acceptors (Lipinski definition) is 5. The zero-order valence-electron chi connectivity index (χ0n) is 13.1. The summed E-state index contributed by atoms with van der Waals surface area (Å²) < 4.78 is 5.34. The molecule has 22 heavy (non-hydrogen) atoms. The predicted octanol–water partition coefficient (Wildman–Crippen LogP) is 2.24. The largest absolute Gasteiger partial charge is 0.504 e. The molecule has 124 valence electrons. The number of aromatic hydroxyl groups is 2. The minimum Gasteiger partial charge on any atom is -0.504 e. The number of nitrogens with zero attached hydrogens (tertiary/aromatic N) is 1. The molecule has 1 saturated heterocycles. The number of phenols is 2. The Bertz CT molecular complexity index is 440. The van der Waals surface area contributed by atoms with Crippen LogP contribution in [0.25, 0.3) is 0 Å². The lowest BCUT2D eigenvalue weighted by Gasteiger charge is -2.29. The van der Waals surface area contributed by atoms with Gasteiger partial charge in [0, 0.05) is 19.2 Å². The third kappa shape index (κ3) is 5.16. The van der Waals surface area contributed by atoms with Crippen molar-refractivity contribution in [3.63, 3.8) is 0 Å². The van der Waals surface area contributed by atoms with E-state index in [0.29, 0.717) is 6.42 Å². The molecule has 1 aliphatic heterocycles. The van der Waals surface area contributed by atoms with E-state index in [1.165, 1.54) is 50.8 Å². The molecule has 0 amide bonds. The fraction of sp³-hybridized carbons (Fsp3) is 0.647. The predicted molar refractivity (Wildman–Crippen MR) is 85.0 cm³/mol. The lowest BCUT2D eigenvalue weighted by Crippen LogP contribution is -2.34. The summed E-state index contributed by atoms with van der Waals surface area (Å²) >= 11 is 0. The summed E-state index contributed by atoms with van der Waals surface area (Å²) in [6, 6.07) is 5.35. The molecule has 0 atom stereocenters. The molecule has 1 saturated carbocycles. The second kappa shape index (κ2) is 8.98. The molecule has 3 N–H and O–H groups in total. The zero-order chi connectivity index (χ0) is 15.8. The molecule has 2 aliphatic rings. The number of aliphatic hydroxyl groups excluding tert-OH is 1. The normalized spacial score (nSPS) is 19.7. The van der Waals surface area contributed by atoms with Crippen LogP contribution in [0.1, 0.15) is 37.7 Å². The monoisotopic (exact) mass is 309 g/mol. The molecule has 5 heteroatoms. The van der Waals surface area contributed by atoms with E-state index in [-0.39, 0.29) is 18.1 Å². The Morgan fingerprint density at radius 3 is 2.45 bits per heavy atom. The van der Waals surface area contributed by atoms with Gasteiger partial charge in [0.1, 0.15) is 0 Å². The van der Waals surface area contributed by atoms with Crippen LogP contribution < -0.4 is 0 Å². The molecule has 1 aliphatic carbocycles. The van der Waals surface area contributed by atoms with Crippen molar-refractivity contribution in [2.75, 3.05) is 26.5 Å². The van der Waals surface area contributed by atoms with Crippen LogP contribution in [0.2, 0.25) is 0 Å². The van der Waals surface area contributed by atoms with Crippen molar-refractivity contribution < 1.29 is 20.1 Å². The molecular formula is C17H27NO4. The first-order chi connectivity index (χ1) is 10.7. The molecule has 1 aromatic carbocycles.